The summed E-state index contributed by atoms with van der Waals surface area (Å²) in [6.07, 6.45) is 3.92. The molecule has 0 atom stereocenters. The lowest BCUT2D eigenvalue weighted by atomic mass is 9.77. The monoisotopic (exact) mass is 307 g/mol. The van der Waals surface area contributed by atoms with Crippen molar-refractivity contribution in [1.82, 2.24) is 10.1 Å². The van der Waals surface area contributed by atoms with E-state index in [9.17, 15) is 8.42 Å². The van der Waals surface area contributed by atoms with Gasteiger partial charge >= 0.3 is 0 Å². The number of nitrogens with two attached hydrogens (primary N) is 1. The summed E-state index contributed by atoms with van der Waals surface area (Å²) in [7, 11) is -3.29. The van der Waals surface area contributed by atoms with Crippen molar-refractivity contribution >= 4 is 9.84 Å². The van der Waals surface area contributed by atoms with E-state index in [1.54, 1.807) is 25.1 Å². The quantitative estimate of drug-likeness (QED) is 0.928. The third-order valence-corrected chi connectivity index (χ3v) is 5.19. The van der Waals surface area contributed by atoms with Gasteiger partial charge in [0.15, 0.2) is 15.7 Å². The molecule has 21 heavy (non-hydrogen) atoms. The number of rotatable bonds is 3. The summed E-state index contributed by atoms with van der Waals surface area (Å²) < 4.78 is 28.8. The van der Waals surface area contributed by atoms with E-state index in [1.165, 1.54) is 6.26 Å². The van der Waals surface area contributed by atoms with Crippen LogP contribution in [0.2, 0.25) is 0 Å². The van der Waals surface area contributed by atoms with Gasteiger partial charge in [0, 0.05) is 11.8 Å². The first-order valence-corrected chi connectivity index (χ1v) is 8.63. The summed E-state index contributed by atoms with van der Waals surface area (Å²) in [6, 6.07) is 5.06. The third-order valence-electron chi connectivity index (χ3n) is 3.95. The SMILES string of the molecule is Cc1ccc(-c2nc(C3(N)CCC3)no2)cc1S(C)(=O)=O. The molecule has 1 aromatic heterocycles. The van der Waals surface area contributed by atoms with Gasteiger partial charge in [0.05, 0.1) is 10.4 Å². The molecule has 1 saturated carbocycles. The number of aromatic nitrogens is 2. The summed E-state index contributed by atoms with van der Waals surface area (Å²) in [6.45, 7) is 1.75. The number of aryl methyl sites for hydroxylation is 1. The van der Waals surface area contributed by atoms with Gasteiger partial charge < -0.3 is 10.3 Å². The Labute approximate surface area is 123 Å². The molecule has 7 heteroatoms. The Kier molecular flexibility index (Phi) is 3.14. The standard InChI is InChI=1S/C14H17N3O3S/c1-9-4-5-10(8-11(9)21(2,18)19)12-16-13(17-20-12)14(15)6-3-7-14/h4-5,8H,3,6-7,15H2,1-2H3. The first-order valence-electron chi connectivity index (χ1n) is 6.74. The van der Waals surface area contributed by atoms with Gasteiger partial charge in [-0.15, -0.1) is 0 Å². The van der Waals surface area contributed by atoms with Crippen LogP contribution >= 0.6 is 0 Å². The highest BCUT2D eigenvalue weighted by molar-refractivity contribution is 7.90. The zero-order valence-corrected chi connectivity index (χ0v) is 12.8. The molecule has 3 rings (SSSR count). The van der Waals surface area contributed by atoms with Crippen molar-refractivity contribution in [2.45, 2.75) is 36.6 Å². The molecule has 2 N–H and O–H groups in total. The smallest absolute Gasteiger partial charge is 0.258 e. The lowest BCUT2D eigenvalue weighted by Gasteiger charge is -2.34. The zero-order valence-electron chi connectivity index (χ0n) is 12.0. The average molecular weight is 307 g/mol. The van der Waals surface area contributed by atoms with Crippen LogP contribution in [0, 0.1) is 6.92 Å². The molecule has 0 unspecified atom stereocenters. The normalized spacial score (nSPS) is 17.5. The number of hydrogen-bond donors (Lipinski definition) is 1. The Balaban J connectivity index is 2.02. The molecule has 112 valence electrons. The van der Waals surface area contributed by atoms with Crippen molar-refractivity contribution in [3.8, 4) is 11.5 Å². The van der Waals surface area contributed by atoms with E-state index in [2.05, 4.69) is 10.1 Å². The molecule has 1 fully saturated rings. The predicted molar refractivity (Wildman–Crippen MR) is 77.3 cm³/mol. The number of sulfone groups is 1. The lowest BCUT2D eigenvalue weighted by molar-refractivity contribution is 0.229. The number of hydrogen-bond acceptors (Lipinski definition) is 6. The van der Waals surface area contributed by atoms with E-state index in [-0.39, 0.29) is 4.90 Å². The molecule has 0 amide bonds. The second kappa shape index (κ2) is 4.64. The van der Waals surface area contributed by atoms with Crippen molar-refractivity contribution in [2.24, 2.45) is 5.73 Å². The van der Waals surface area contributed by atoms with Crippen LogP contribution in [-0.2, 0) is 15.4 Å². The van der Waals surface area contributed by atoms with Crippen LogP contribution in [0.4, 0.5) is 0 Å². The average Bonchev–Trinajstić information content (AvgIpc) is 2.85. The highest BCUT2D eigenvalue weighted by Crippen LogP contribution is 2.37. The third kappa shape index (κ3) is 2.47. The topological polar surface area (TPSA) is 99.1 Å². The van der Waals surface area contributed by atoms with Gasteiger partial charge in [0.25, 0.3) is 5.89 Å². The maximum Gasteiger partial charge on any atom is 0.258 e. The number of nitrogens with zero attached hydrogens (tertiary/aromatic N) is 2. The molecule has 0 radical (unpaired) electrons. The van der Waals surface area contributed by atoms with E-state index in [4.69, 9.17) is 10.3 Å². The van der Waals surface area contributed by atoms with E-state index in [0.29, 0.717) is 22.8 Å². The second-order valence-corrected chi connectivity index (χ2v) is 7.67. The maximum atomic E-state index is 11.8. The first kappa shape index (κ1) is 14.2. The molecule has 0 spiro atoms. The minimum Gasteiger partial charge on any atom is -0.334 e. The van der Waals surface area contributed by atoms with E-state index in [0.717, 1.165) is 19.3 Å². The minimum absolute atomic E-state index is 0.269. The van der Waals surface area contributed by atoms with Gasteiger partial charge in [-0.1, -0.05) is 11.2 Å². The van der Waals surface area contributed by atoms with Crippen molar-refractivity contribution < 1.29 is 12.9 Å². The lowest BCUT2D eigenvalue weighted by Crippen LogP contribution is -2.44. The molecule has 0 aliphatic heterocycles. The van der Waals surface area contributed by atoms with Crippen LogP contribution in [0.25, 0.3) is 11.5 Å². The largest absolute Gasteiger partial charge is 0.334 e. The minimum atomic E-state index is -3.29. The van der Waals surface area contributed by atoms with E-state index < -0.39 is 15.4 Å². The summed E-state index contributed by atoms with van der Waals surface area (Å²) in [4.78, 5) is 4.60. The van der Waals surface area contributed by atoms with E-state index in [1.807, 2.05) is 0 Å². The Morgan fingerprint density at radius 1 is 1.33 bits per heavy atom. The van der Waals surface area contributed by atoms with E-state index >= 15 is 0 Å². The summed E-state index contributed by atoms with van der Waals surface area (Å²) in [5.41, 5.74) is 6.94. The van der Waals surface area contributed by atoms with Crippen molar-refractivity contribution in [3.63, 3.8) is 0 Å². The molecular formula is C14H17N3O3S. The van der Waals surface area contributed by atoms with Crippen LogP contribution < -0.4 is 5.73 Å². The van der Waals surface area contributed by atoms with Crippen molar-refractivity contribution in [3.05, 3.63) is 29.6 Å². The molecule has 1 aromatic carbocycles. The van der Waals surface area contributed by atoms with Crippen LogP contribution in [0.5, 0.6) is 0 Å². The van der Waals surface area contributed by atoms with Gasteiger partial charge in [-0.2, -0.15) is 4.98 Å². The van der Waals surface area contributed by atoms with Crippen LogP contribution in [0.15, 0.2) is 27.6 Å². The molecular weight excluding hydrogens is 290 g/mol. The van der Waals surface area contributed by atoms with Gasteiger partial charge in [0.1, 0.15) is 0 Å². The fourth-order valence-corrected chi connectivity index (χ4v) is 3.45. The fraction of sp³-hybridized carbons (Fsp3) is 0.429. The summed E-state index contributed by atoms with van der Waals surface area (Å²) in [5.74, 6) is 0.789. The summed E-state index contributed by atoms with van der Waals surface area (Å²) in [5, 5.41) is 3.94. The Hall–Kier alpha value is -1.73. The molecule has 6 nitrogen and oxygen atoms in total. The van der Waals surface area contributed by atoms with Crippen LogP contribution in [0.1, 0.15) is 30.7 Å². The fourth-order valence-electron chi connectivity index (χ4n) is 2.46. The van der Waals surface area contributed by atoms with Gasteiger partial charge in [-0.25, -0.2) is 8.42 Å². The first-order chi connectivity index (χ1) is 9.79. The molecule has 1 aliphatic rings. The maximum absolute atomic E-state index is 11.8. The molecule has 1 heterocycles. The van der Waals surface area contributed by atoms with Gasteiger partial charge in [-0.05, 0) is 43.9 Å². The Morgan fingerprint density at radius 2 is 2.05 bits per heavy atom. The molecule has 0 bridgehead atoms. The second-order valence-electron chi connectivity index (χ2n) is 5.69. The summed E-state index contributed by atoms with van der Waals surface area (Å²) >= 11 is 0. The highest BCUT2D eigenvalue weighted by atomic mass is 32.2. The molecule has 0 saturated heterocycles. The van der Waals surface area contributed by atoms with Crippen molar-refractivity contribution in [2.75, 3.05) is 6.26 Å². The zero-order chi connectivity index (χ0) is 15.3. The Morgan fingerprint density at radius 3 is 2.62 bits per heavy atom. The Bertz CT molecular complexity index is 792. The highest BCUT2D eigenvalue weighted by Gasteiger charge is 2.39. The van der Waals surface area contributed by atoms with Crippen LogP contribution in [0.3, 0.4) is 0 Å². The van der Waals surface area contributed by atoms with Gasteiger partial charge in [-0.3, -0.25) is 0 Å². The van der Waals surface area contributed by atoms with Crippen molar-refractivity contribution in [1.29, 1.82) is 0 Å². The molecule has 1 aliphatic carbocycles. The predicted octanol–water partition coefficient (Wildman–Crippen LogP) is 1.79. The van der Waals surface area contributed by atoms with Crippen LogP contribution in [-0.4, -0.2) is 24.8 Å². The van der Waals surface area contributed by atoms with Gasteiger partial charge in [0.2, 0.25) is 0 Å². The molecule has 2 aromatic rings. The number of benzene rings is 1.